The van der Waals surface area contributed by atoms with E-state index in [9.17, 15) is 0 Å². The van der Waals surface area contributed by atoms with E-state index in [1.54, 1.807) is 7.11 Å². The number of hydrogen-bond acceptors (Lipinski definition) is 3. The Kier molecular flexibility index (Phi) is 4.43. The van der Waals surface area contributed by atoms with Gasteiger partial charge in [-0.25, -0.2) is 0 Å². The van der Waals surface area contributed by atoms with Crippen molar-refractivity contribution in [3.63, 3.8) is 0 Å². The molecule has 0 saturated heterocycles. The van der Waals surface area contributed by atoms with Crippen LogP contribution in [0.15, 0.2) is 18.2 Å². The summed E-state index contributed by atoms with van der Waals surface area (Å²) >= 11 is 0. The third-order valence-electron chi connectivity index (χ3n) is 2.56. The van der Waals surface area contributed by atoms with Crippen LogP contribution in [-0.4, -0.2) is 13.2 Å². The molecule has 3 N–H and O–H groups in total. The largest absolute Gasteiger partial charge is 0.495 e. The fourth-order valence-corrected chi connectivity index (χ4v) is 1.43. The fourth-order valence-electron chi connectivity index (χ4n) is 1.43. The Morgan fingerprint density at radius 2 is 2.20 bits per heavy atom. The highest BCUT2D eigenvalue weighted by Gasteiger charge is 2.09. The Hall–Kier alpha value is -1.22. The number of benzene rings is 1. The van der Waals surface area contributed by atoms with Crippen molar-refractivity contribution >= 4 is 5.69 Å². The predicted octanol–water partition coefficient (Wildman–Crippen LogP) is 2.36. The van der Waals surface area contributed by atoms with Crippen LogP contribution < -0.4 is 15.8 Å². The molecule has 0 aliphatic carbocycles. The second-order valence-corrected chi connectivity index (χ2v) is 3.65. The number of nitrogens with one attached hydrogen (secondary N) is 1. The summed E-state index contributed by atoms with van der Waals surface area (Å²) in [6.07, 6.45) is 1.07. The maximum atomic E-state index is 5.70. The molecule has 0 aromatic heterocycles. The van der Waals surface area contributed by atoms with Crippen molar-refractivity contribution in [3.8, 4) is 5.75 Å². The molecule has 1 aromatic rings. The van der Waals surface area contributed by atoms with Gasteiger partial charge in [0.25, 0.3) is 0 Å². The molecule has 0 bridgehead atoms. The second-order valence-electron chi connectivity index (χ2n) is 3.65. The molecule has 1 atom stereocenters. The zero-order valence-corrected chi connectivity index (χ0v) is 9.71. The summed E-state index contributed by atoms with van der Waals surface area (Å²) in [6.45, 7) is 4.82. The lowest BCUT2D eigenvalue weighted by molar-refractivity contribution is 0.415. The Morgan fingerprint density at radius 3 is 2.73 bits per heavy atom. The van der Waals surface area contributed by atoms with Gasteiger partial charge in [0.2, 0.25) is 0 Å². The summed E-state index contributed by atoms with van der Waals surface area (Å²) in [7, 11) is 1.68. The number of para-hydroxylation sites is 1. The molecule has 0 aliphatic rings. The van der Waals surface area contributed by atoms with Gasteiger partial charge in [-0.2, -0.15) is 0 Å². The fraction of sp³-hybridized carbons (Fsp3) is 0.500. The van der Waals surface area contributed by atoms with Crippen molar-refractivity contribution in [2.75, 3.05) is 12.4 Å². The minimum absolute atomic E-state index is 0.423. The van der Waals surface area contributed by atoms with E-state index in [0.717, 1.165) is 23.4 Å². The maximum Gasteiger partial charge on any atom is 0.142 e. The van der Waals surface area contributed by atoms with Crippen LogP contribution in [0.3, 0.4) is 0 Å². The molecule has 0 amide bonds. The number of rotatable bonds is 5. The van der Waals surface area contributed by atoms with Crippen LogP contribution >= 0.6 is 0 Å². The molecule has 0 aliphatic heterocycles. The molecule has 1 unspecified atom stereocenters. The van der Waals surface area contributed by atoms with E-state index in [1.165, 1.54) is 0 Å². The van der Waals surface area contributed by atoms with Gasteiger partial charge in [0.15, 0.2) is 0 Å². The minimum Gasteiger partial charge on any atom is -0.495 e. The third kappa shape index (κ3) is 2.86. The normalized spacial score (nSPS) is 12.3. The number of ether oxygens (including phenoxy) is 1. The number of nitrogens with two attached hydrogens (primary N) is 1. The third-order valence-corrected chi connectivity index (χ3v) is 2.56. The quantitative estimate of drug-likeness (QED) is 0.781. The molecule has 0 spiro atoms. The summed E-state index contributed by atoms with van der Waals surface area (Å²) in [5.74, 6) is 0.859. The van der Waals surface area contributed by atoms with Crippen LogP contribution in [0.2, 0.25) is 0 Å². The number of methoxy groups -OCH3 is 1. The Balaban J connectivity index is 2.99. The van der Waals surface area contributed by atoms with E-state index >= 15 is 0 Å². The first kappa shape index (κ1) is 11.9. The Bertz CT molecular complexity index is 290. The molecule has 3 heteroatoms. The summed E-state index contributed by atoms with van der Waals surface area (Å²) in [6, 6.07) is 6.35. The highest BCUT2D eigenvalue weighted by molar-refractivity contribution is 5.62. The first-order chi connectivity index (χ1) is 7.22. The number of hydrogen-bond donors (Lipinski definition) is 2. The van der Waals surface area contributed by atoms with Gasteiger partial charge in [-0.05, 0) is 25.0 Å². The standard InChI is InChI=1S/C12H20N2O/c1-4-9(2)14-12-10(8-13)6-5-7-11(12)15-3/h5-7,9,14H,4,8,13H2,1-3H3. The first-order valence-electron chi connectivity index (χ1n) is 5.35. The van der Waals surface area contributed by atoms with Crippen molar-refractivity contribution in [1.82, 2.24) is 0 Å². The molecule has 15 heavy (non-hydrogen) atoms. The summed E-state index contributed by atoms with van der Waals surface area (Å²) < 4.78 is 5.32. The zero-order chi connectivity index (χ0) is 11.3. The lowest BCUT2D eigenvalue weighted by atomic mass is 10.1. The lowest BCUT2D eigenvalue weighted by Crippen LogP contribution is -2.16. The molecule has 3 nitrogen and oxygen atoms in total. The molecule has 0 fully saturated rings. The SMILES string of the molecule is CCC(C)Nc1c(CN)cccc1OC. The van der Waals surface area contributed by atoms with Gasteiger partial charge in [-0.3, -0.25) is 0 Å². The van der Waals surface area contributed by atoms with Crippen LogP contribution in [-0.2, 0) is 6.54 Å². The molecule has 1 aromatic carbocycles. The highest BCUT2D eigenvalue weighted by atomic mass is 16.5. The summed E-state index contributed by atoms with van der Waals surface area (Å²) in [4.78, 5) is 0. The van der Waals surface area contributed by atoms with E-state index in [-0.39, 0.29) is 0 Å². The lowest BCUT2D eigenvalue weighted by Gasteiger charge is -2.18. The molecular formula is C12H20N2O. The molecule has 0 heterocycles. The molecule has 0 saturated carbocycles. The van der Waals surface area contributed by atoms with E-state index in [2.05, 4.69) is 19.2 Å². The van der Waals surface area contributed by atoms with Crippen LogP contribution in [0.25, 0.3) is 0 Å². The van der Waals surface area contributed by atoms with Crippen LogP contribution in [0, 0.1) is 0 Å². The number of anilines is 1. The summed E-state index contributed by atoms with van der Waals surface area (Å²) in [5, 5.41) is 3.43. The van der Waals surface area contributed by atoms with Gasteiger partial charge >= 0.3 is 0 Å². The van der Waals surface area contributed by atoms with Crippen molar-refractivity contribution in [1.29, 1.82) is 0 Å². The summed E-state index contributed by atoms with van der Waals surface area (Å²) in [5.41, 5.74) is 7.81. The van der Waals surface area contributed by atoms with Gasteiger partial charge in [0, 0.05) is 12.6 Å². The van der Waals surface area contributed by atoms with Crippen molar-refractivity contribution in [2.45, 2.75) is 32.9 Å². The molecule has 1 rings (SSSR count). The van der Waals surface area contributed by atoms with Crippen molar-refractivity contribution in [3.05, 3.63) is 23.8 Å². The molecule has 0 radical (unpaired) electrons. The predicted molar refractivity (Wildman–Crippen MR) is 64.3 cm³/mol. The van der Waals surface area contributed by atoms with Gasteiger partial charge in [0.1, 0.15) is 5.75 Å². The van der Waals surface area contributed by atoms with Crippen molar-refractivity contribution in [2.24, 2.45) is 5.73 Å². The van der Waals surface area contributed by atoms with E-state index in [1.807, 2.05) is 18.2 Å². The average molecular weight is 208 g/mol. The molecular weight excluding hydrogens is 188 g/mol. The molecule has 84 valence electrons. The Morgan fingerprint density at radius 1 is 1.47 bits per heavy atom. The maximum absolute atomic E-state index is 5.70. The van der Waals surface area contributed by atoms with Gasteiger partial charge in [-0.15, -0.1) is 0 Å². The second kappa shape index (κ2) is 5.61. The zero-order valence-electron chi connectivity index (χ0n) is 9.71. The van der Waals surface area contributed by atoms with Crippen LogP contribution in [0.5, 0.6) is 5.75 Å². The monoisotopic (exact) mass is 208 g/mol. The van der Waals surface area contributed by atoms with Crippen molar-refractivity contribution < 1.29 is 4.74 Å². The van der Waals surface area contributed by atoms with Gasteiger partial charge in [-0.1, -0.05) is 19.1 Å². The van der Waals surface area contributed by atoms with Gasteiger partial charge < -0.3 is 15.8 Å². The van der Waals surface area contributed by atoms with E-state index in [4.69, 9.17) is 10.5 Å². The Labute approximate surface area is 91.6 Å². The van der Waals surface area contributed by atoms with E-state index < -0.39 is 0 Å². The highest BCUT2D eigenvalue weighted by Crippen LogP contribution is 2.28. The van der Waals surface area contributed by atoms with Gasteiger partial charge in [0.05, 0.1) is 12.8 Å². The minimum atomic E-state index is 0.423. The smallest absolute Gasteiger partial charge is 0.142 e. The van der Waals surface area contributed by atoms with Crippen LogP contribution in [0.4, 0.5) is 5.69 Å². The first-order valence-corrected chi connectivity index (χ1v) is 5.35. The topological polar surface area (TPSA) is 47.3 Å². The van der Waals surface area contributed by atoms with E-state index in [0.29, 0.717) is 12.6 Å². The van der Waals surface area contributed by atoms with Crippen LogP contribution in [0.1, 0.15) is 25.8 Å². The average Bonchev–Trinajstić information content (AvgIpc) is 2.29.